The molecule has 18 N–H and O–H groups in total. The second kappa shape index (κ2) is 15.2. The molecule has 21 heteroatoms. The number of carbonyl (C=O) groups excluding carboxylic acids is 2. The van der Waals surface area contributed by atoms with Crippen LogP contribution in [0.3, 0.4) is 0 Å². The second-order valence-electron chi connectivity index (χ2n) is 11.4. The number of anilines is 1. The van der Waals surface area contributed by atoms with Crippen molar-refractivity contribution in [3.8, 4) is 0 Å². The first-order chi connectivity index (χ1) is 21.8. The molecular weight excluding hydrogens is 610 g/mol. The van der Waals surface area contributed by atoms with Gasteiger partial charge >= 0.3 is 0 Å². The number of imidazole rings is 1. The van der Waals surface area contributed by atoms with E-state index in [4.69, 9.17) is 43.9 Å². The smallest absolute Gasteiger partial charge is 0.242 e. The molecular formula is C25H43N13O8. The molecule has 11 atom stereocenters. The van der Waals surface area contributed by atoms with Crippen LogP contribution in [0.5, 0.6) is 0 Å². The molecule has 0 aromatic carbocycles. The van der Waals surface area contributed by atoms with Gasteiger partial charge in [0, 0.05) is 25.2 Å². The van der Waals surface area contributed by atoms with Gasteiger partial charge in [0.1, 0.15) is 55.0 Å². The third kappa shape index (κ3) is 8.12. The first-order valence-corrected chi connectivity index (χ1v) is 14.6. The molecule has 4 rings (SSSR count). The fourth-order valence-corrected chi connectivity index (χ4v) is 5.37. The fraction of sp³-hybridized carbons (Fsp3) is 0.680. The van der Waals surface area contributed by atoms with Gasteiger partial charge in [-0.05, 0) is 19.3 Å². The zero-order valence-corrected chi connectivity index (χ0v) is 24.9. The van der Waals surface area contributed by atoms with E-state index >= 15 is 0 Å². The fourth-order valence-electron chi connectivity index (χ4n) is 5.37. The molecule has 1 aliphatic carbocycles. The van der Waals surface area contributed by atoms with Crippen LogP contribution in [0.1, 0.15) is 19.3 Å². The van der Waals surface area contributed by atoms with Gasteiger partial charge in [0.15, 0.2) is 23.7 Å². The zero-order chi connectivity index (χ0) is 33.7. The Balaban J connectivity index is 1.40. The number of nitrogens with one attached hydrogen (secondary N) is 2. The summed E-state index contributed by atoms with van der Waals surface area (Å²) in [6, 6.07) is -3.91. The molecule has 1 saturated carbocycles. The van der Waals surface area contributed by atoms with Gasteiger partial charge in [0.25, 0.3) is 0 Å². The third-order valence-electron chi connectivity index (χ3n) is 7.95. The number of nitrogens with two attached hydrogens (primary N) is 6. The number of nitrogen functional groups attached to an aromatic ring is 1. The van der Waals surface area contributed by atoms with E-state index in [1.54, 1.807) is 0 Å². The van der Waals surface area contributed by atoms with Crippen molar-refractivity contribution in [1.82, 2.24) is 30.2 Å². The summed E-state index contributed by atoms with van der Waals surface area (Å²) in [5, 5.41) is 47.2. The largest absolute Gasteiger partial charge is 0.389 e. The first kappa shape index (κ1) is 35.1. The Kier molecular flexibility index (Phi) is 11.6. The first-order valence-electron chi connectivity index (χ1n) is 14.6. The number of guanidine groups is 1. The number of fused-ring (bicyclic) bond motifs is 1. The van der Waals surface area contributed by atoms with Crippen LogP contribution >= 0.6 is 0 Å². The number of amides is 2. The van der Waals surface area contributed by atoms with Gasteiger partial charge in [0.05, 0.1) is 18.5 Å². The van der Waals surface area contributed by atoms with E-state index in [1.807, 2.05) is 0 Å². The molecule has 1 saturated heterocycles. The Labute approximate surface area is 262 Å². The monoisotopic (exact) mass is 653 g/mol. The predicted molar refractivity (Wildman–Crippen MR) is 161 cm³/mol. The number of nitrogens with zero attached hydrogens (tertiary/aromatic N) is 5. The Bertz CT molecular complexity index is 1380. The third-order valence-corrected chi connectivity index (χ3v) is 7.95. The standard InChI is InChI=1S/C25H43N13O8/c26-9-4-10(27)20(19(43)16(9)40)46-24-14(28)18(42)17(41)12(45-24)5-33-23(44)11(2-1-3-32-25(30)31)37-13(39)6-38-8-36-15-21(29)34-7-35-22(15)38/h7-12,14,16-20,24,40-43H,1-6,26-28H2,(H,33,44)(H,37,39)(H2,29,34,35)(H4,30,31,32)/t9-,10+,11+,12-,14-,16+,17-,18-,19-,20-,24-/m1/s1. The van der Waals surface area contributed by atoms with Crippen molar-refractivity contribution in [2.45, 2.75) is 92.9 Å². The van der Waals surface area contributed by atoms with E-state index < -0.39 is 78.9 Å². The Morgan fingerprint density at radius 3 is 2.52 bits per heavy atom. The SMILES string of the molecule is NC(N)=NCCC[C@H](NC(=O)Cn1cnc2c(N)ncnc21)C(=O)NC[C@H]1O[C@H](O[C@H]2[C@H](O)[C@@H](O)[C@H](N)C[C@@H]2N)[C@H](N)[C@@H](O)[C@@H]1O. The number of aliphatic imine (C=N–C) groups is 1. The molecule has 2 aromatic rings. The van der Waals surface area contributed by atoms with Crippen molar-refractivity contribution < 1.29 is 39.5 Å². The van der Waals surface area contributed by atoms with Crippen LogP contribution in [0.15, 0.2) is 17.6 Å². The number of hydrogen-bond acceptors (Lipinski definition) is 16. The van der Waals surface area contributed by atoms with Crippen molar-refractivity contribution in [1.29, 1.82) is 0 Å². The molecule has 3 heterocycles. The lowest BCUT2D eigenvalue weighted by molar-refractivity contribution is -0.288. The number of aliphatic hydroxyl groups is 4. The number of aromatic nitrogens is 4. The lowest BCUT2D eigenvalue weighted by Crippen LogP contribution is -2.67. The lowest BCUT2D eigenvalue weighted by atomic mass is 9.84. The maximum absolute atomic E-state index is 13.3. The molecule has 0 bridgehead atoms. The van der Waals surface area contributed by atoms with Gasteiger partial charge in [-0.15, -0.1) is 0 Å². The average molecular weight is 654 g/mol. The molecule has 2 amide bonds. The van der Waals surface area contributed by atoms with Crippen LogP contribution in [-0.4, -0.2) is 138 Å². The van der Waals surface area contributed by atoms with E-state index in [0.717, 1.165) is 0 Å². The van der Waals surface area contributed by atoms with Crippen molar-refractivity contribution in [2.75, 3.05) is 18.8 Å². The molecule has 2 aromatic heterocycles. The molecule has 0 unspecified atom stereocenters. The van der Waals surface area contributed by atoms with E-state index in [1.165, 1.54) is 17.2 Å². The van der Waals surface area contributed by atoms with Crippen LogP contribution in [0.25, 0.3) is 11.2 Å². The van der Waals surface area contributed by atoms with Crippen molar-refractivity contribution in [3.05, 3.63) is 12.7 Å². The number of rotatable bonds is 12. The maximum atomic E-state index is 13.3. The van der Waals surface area contributed by atoms with Crippen LogP contribution in [0.2, 0.25) is 0 Å². The second-order valence-corrected chi connectivity index (χ2v) is 11.4. The van der Waals surface area contributed by atoms with Gasteiger partial charge in [0.2, 0.25) is 11.8 Å². The highest BCUT2D eigenvalue weighted by Crippen LogP contribution is 2.27. The highest BCUT2D eigenvalue weighted by atomic mass is 16.7. The molecule has 1 aliphatic heterocycles. The Morgan fingerprint density at radius 2 is 1.80 bits per heavy atom. The molecule has 2 aliphatic rings. The van der Waals surface area contributed by atoms with Crippen LogP contribution < -0.4 is 45.0 Å². The Hall–Kier alpha value is -3.80. The minimum Gasteiger partial charge on any atom is -0.389 e. The van der Waals surface area contributed by atoms with Gasteiger partial charge in [-0.3, -0.25) is 14.6 Å². The number of ether oxygens (including phenoxy) is 2. The molecule has 0 radical (unpaired) electrons. The summed E-state index contributed by atoms with van der Waals surface area (Å²) in [5.41, 5.74) is 35.1. The minimum absolute atomic E-state index is 0.128. The highest BCUT2D eigenvalue weighted by Gasteiger charge is 2.48. The topological polar surface area (TPSA) is 370 Å². The summed E-state index contributed by atoms with van der Waals surface area (Å²) < 4.78 is 13.0. The van der Waals surface area contributed by atoms with Gasteiger partial charge in [-0.2, -0.15) is 0 Å². The normalized spacial score (nSPS) is 32.1. The summed E-state index contributed by atoms with van der Waals surface area (Å²) in [7, 11) is 0. The molecule has 46 heavy (non-hydrogen) atoms. The van der Waals surface area contributed by atoms with Crippen LogP contribution in [0, 0.1) is 0 Å². The zero-order valence-electron chi connectivity index (χ0n) is 24.9. The molecule has 0 spiro atoms. The predicted octanol–water partition coefficient (Wildman–Crippen LogP) is -7.00. The van der Waals surface area contributed by atoms with E-state index in [2.05, 4.69) is 30.6 Å². The van der Waals surface area contributed by atoms with Crippen molar-refractivity contribution in [3.63, 3.8) is 0 Å². The molecule has 2 fully saturated rings. The minimum atomic E-state index is -1.55. The maximum Gasteiger partial charge on any atom is 0.242 e. The van der Waals surface area contributed by atoms with E-state index in [9.17, 15) is 30.0 Å². The van der Waals surface area contributed by atoms with Gasteiger partial charge < -0.3 is 79.5 Å². The van der Waals surface area contributed by atoms with Crippen LogP contribution in [0.4, 0.5) is 5.82 Å². The number of aliphatic hydroxyl groups excluding tert-OH is 4. The van der Waals surface area contributed by atoms with E-state index in [-0.39, 0.29) is 44.3 Å². The lowest BCUT2D eigenvalue weighted by Gasteiger charge is -2.46. The highest BCUT2D eigenvalue weighted by molar-refractivity contribution is 5.88. The van der Waals surface area contributed by atoms with E-state index in [0.29, 0.717) is 17.6 Å². The summed E-state index contributed by atoms with van der Waals surface area (Å²) in [6.07, 6.45) is -6.47. The number of hydrogen-bond donors (Lipinski definition) is 12. The Morgan fingerprint density at radius 1 is 1.07 bits per heavy atom. The average Bonchev–Trinajstić information content (AvgIpc) is 3.42. The van der Waals surface area contributed by atoms with Crippen molar-refractivity contribution in [2.24, 2.45) is 33.7 Å². The van der Waals surface area contributed by atoms with Gasteiger partial charge in [-0.1, -0.05) is 0 Å². The van der Waals surface area contributed by atoms with Crippen molar-refractivity contribution >= 4 is 34.8 Å². The summed E-state index contributed by atoms with van der Waals surface area (Å²) in [4.78, 5) is 42.3. The summed E-state index contributed by atoms with van der Waals surface area (Å²) in [6.45, 7) is -0.390. The van der Waals surface area contributed by atoms with Gasteiger partial charge in [-0.25, -0.2) is 15.0 Å². The number of carbonyl (C=O) groups is 2. The summed E-state index contributed by atoms with van der Waals surface area (Å²) in [5.74, 6) is -1.17. The molecule has 256 valence electrons. The van der Waals surface area contributed by atoms with Crippen LogP contribution in [-0.2, 0) is 25.6 Å². The summed E-state index contributed by atoms with van der Waals surface area (Å²) >= 11 is 0. The molecule has 21 nitrogen and oxygen atoms in total. The quantitative estimate of drug-likeness (QED) is 0.0575.